The minimum atomic E-state index is -0.626. The van der Waals surface area contributed by atoms with E-state index in [0.29, 0.717) is 0 Å². The molecule has 0 aliphatic rings. The molecule has 0 heterocycles. The molecule has 0 spiro atoms. The molecule has 0 aliphatic carbocycles. The Morgan fingerprint density at radius 1 is 1.53 bits per heavy atom. The Bertz CT molecular complexity index is 395. The first kappa shape index (κ1) is 16.5. The predicted octanol–water partition coefficient (Wildman–Crippen LogP) is -0.570. The zero-order valence-corrected chi connectivity index (χ0v) is 11.8. The number of nitrogens with zero attached hydrogens (tertiary/aromatic N) is 3. The third-order valence-electron chi connectivity index (χ3n) is 1.33. The third kappa shape index (κ3) is 4.39. The molecular formula is C6H4Cl2N4O2Zn. The van der Waals surface area contributed by atoms with Crippen LogP contribution in [0.25, 0.3) is 5.08 Å². The average Bonchev–Trinajstić information content (AvgIpc) is 2.08. The number of nitrogens with one attached hydrogen (secondary N) is 1. The molecule has 1 N–H and O–H groups in total. The van der Waals surface area contributed by atoms with Crippen LogP contribution in [0, 0.1) is 15.5 Å². The van der Waals surface area contributed by atoms with Crippen molar-refractivity contribution in [3.63, 3.8) is 0 Å². The molecule has 1 aromatic rings. The number of anilines is 1. The maximum absolute atomic E-state index is 10.4. The Morgan fingerprint density at radius 2 is 2.13 bits per heavy atom. The minimum Gasteiger partial charge on any atom is -1.00 e. The fourth-order valence-electron chi connectivity index (χ4n) is 0.804. The second kappa shape index (κ2) is 7.35. The van der Waals surface area contributed by atoms with Gasteiger partial charge in [-0.2, -0.15) is 0 Å². The Labute approximate surface area is 109 Å². The van der Waals surface area contributed by atoms with Gasteiger partial charge in [-0.1, -0.05) is 11.6 Å². The summed E-state index contributed by atoms with van der Waals surface area (Å²) in [4.78, 5) is 9.81. The smallest absolute Gasteiger partial charge is 0.308 e. The van der Waals surface area contributed by atoms with Crippen LogP contribution in [0.3, 0.4) is 0 Å². The zero-order chi connectivity index (χ0) is 9.84. The van der Waals surface area contributed by atoms with Crippen molar-refractivity contribution in [2.24, 2.45) is 0 Å². The first-order valence-corrected chi connectivity index (χ1v) is 3.57. The van der Waals surface area contributed by atoms with Gasteiger partial charge >= 0.3 is 10.8 Å². The van der Waals surface area contributed by atoms with E-state index in [4.69, 9.17) is 17.0 Å². The molecule has 15 heavy (non-hydrogen) atoms. The van der Waals surface area contributed by atoms with Crippen molar-refractivity contribution >= 4 is 23.0 Å². The van der Waals surface area contributed by atoms with Crippen molar-refractivity contribution in [3.8, 4) is 0 Å². The Balaban J connectivity index is 0. The van der Waals surface area contributed by atoms with Crippen LogP contribution in [-0.4, -0.2) is 4.92 Å². The van der Waals surface area contributed by atoms with E-state index in [1.807, 2.05) is 0 Å². The van der Waals surface area contributed by atoms with Crippen molar-refractivity contribution in [2.75, 3.05) is 5.43 Å². The quantitative estimate of drug-likeness (QED) is 0.343. The molecule has 1 aromatic carbocycles. The summed E-state index contributed by atoms with van der Waals surface area (Å²) in [6, 6.07) is 3.96. The van der Waals surface area contributed by atoms with E-state index >= 15 is 0 Å². The first-order valence-electron chi connectivity index (χ1n) is 3.19. The summed E-state index contributed by atoms with van der Waals surface area (Å²) in [6.45, 7) is 0. The number of hydrogen-bond donors (Lipinski definition) is 1. The molecule has 0 amide bonds. The maximum Gasteiger partial charge on any atom is 0.308 e. The molecule has 0 aromatic heterocycles. The SMILES string of the molecule is N#[N+]Nc1ccc(Cl)cc1[N+](=O)[O-].[Cl-].[Zn]. The Kier molecular flexibility index (Phi) is 8.07. The second-order valence-corrected chi connectivity index (χ2v) is 2.57. The van der Waals surface area contributed by atoms with Crippen LogP contribution in [0.1, 0.15) is 0 Å². The van der Waals surface area contributed by atoms with Crippen LogP contribution in [0.4, 0.5) is 11.4 Å². The molecule has 6 nitrogen and oxygen atoms in total. The molecule has 0 fully saturated rings. The van der Waals surface area contributed by atoms with E-state index < -0.39 is 4.92 Å². The van der Waals surface area contributed by atoms with Crippen molar-refractivity contribution in [1.29, 1.82) is 5.39 Å². The van der Waals surface area contributed by atoms with Gasteiger partial charge in [0.25, 0.3) is 5.39 Å². The summed E-state index contributed by atoms with van der Waals surface area (Å²) in [5.74, 6) is 0. The van der Waals surface area contributed by atoms with Crippen molar-refractivity contribution in [2.45, 2.75) is 0 Å². The zero-order valence-electron chi connectivity index (χ0n) is 7.35. The molecule has 0 atom stereocenters. The number of nitro groups is 1. The summed E-state index contributed by atoms with van der Waals surface area (Å²) in [5.41, 5.74) is 1.90. The van der Waals surface area contributed by atoms with Crippen molar-refractivity contribution < 1.29 is 36.8 Å². The van der Waals surface area contributed by atoms with Gasteiger partial charge in [-0.05, 0) is 17.6 Å². The Morgan fingerprint density at radius 3 is 2.60 bits per heavy atom. The number of nitro benzene ring substituents is 1. The van der Waals surface area contributed by atoms with Gasteiger partial charge in [-0.25, -0.2) is 0 Å². The molecule has 0 unspecified atom stereocenters. The van der Waals surface area contributed by atoms with Crippen LogP contribution in [-0.2, 0) is 19.5 Å². The Hall–Kier alpha value is -0.957. The molecule has 1 rings (SSSR count). The van der Waals surface area contributed by atoms with E-state index in [0.717, 1.165) is 6.07 Å². The largest absolute Gasteiger partial charge is 1.00 e. The van der Waals surface area contributed by atoms with Crippen LogP contribution in [0.15, 0.2) is 18.2 Å². The molecule has 76 valence electrons. The van der Waals surface area contributed by atoms with Crippen LogP contribution in [0.5, 0.6) is 0 Å². The van der Waals surface area contributed by atoms with Gasteiger partial charge in [0.05, 0.1) is 4.92 Å². The maximum atomic E-state index is 10.4. The standard InChI is InChI=1S/C6H4ClN4O2.ClH.Zn/c7-4-1-2-5(9-10-8)6(3-4)11(12)13;;/h1-3,9H;1H;/q+1;;/p-1. The molecule has 9 heteroatoms. The summed E-state index contributed by atoms with van der Waals surface area (Å²) in [6.07, 6.45) is 0. The van der Waals surface area contributed by atoms with Crippen molar-refractivity contribution in [1.82, 2.24) is 0 Å². The van der Waals surface area contributed by atoms with Gasteiger partial charge in [0.15, 0.2) is 5.69 Å². The predicted molar refractivity (Wildman–Crippen MR) is 46.8 cm³/mol. The fourth-order valence-corrected chi connectivity index (χ4v) is 0.971. The van der Waals surface area contributed by atoms with Gasteiger partial charge in [0, 0.05) is 30.6 Å². The minimum absolute atomic E-state index is 0. The number of rotatable bonds is 2. The molecule has 0 saturated carbocycles. The van der Waals surface area contributed by atoms with E-state index in [-0.39, 0.29) is 48.3 Å². The number of diazo groups is 1. The number of halogens is 2. The van der Waals surface area contributed by atoms with Gasteiger partial charge in [0.2, 0.25) is 0 Å². The molecule has 0 bridgehead atoms. The van der Waals surface area contributed by atoms with Gasteiger partial charge in [-0.3, -0.25) is 10.1 Å². The van der Waals surface area contributed by atoms with Gasteiger partial charge in [0.1, 0.15) is 0 Å². The van der Waals surface area contributed by atoms with Crippen LogP contribution >= 0.6 is 11.6 Å². The molecule has 0 saturated heterocycles. The normalized spacial score (nSPS) is 7.73. The van der Waals surface area contributed by atoms with Gasteiger partial charge in [-0.15, -0.1) is 0 Å². The summed E-state index contributed by atoms with van der Waals surface area (Å²) < 4.78 is 0. The number of benzene rings is 1. The van der Waals surface area contributed by atoms with E-state index in [1.165, 1.54) is 12.1 Å². The average molecular weight is 300 g/mol. The molecule has 0 aliphatic heterocycles. The van der Waals surface area contributed by atoms with Crippen LogP contribution in [0.2, 0.25) is 5.02 Å². The number of hydrogen-bond acceptors (Lipinski definition) is 4. The first-order chi connectivity index (χ1) is 6.15. The topological polar surface area (TPSA) is 83.3 Å². The third-order valence-corrected chi connectivity index (χ3v) is 1.56. The van der Waals surface area contributed by atoms with E-state index in [9.17, 15) is 10.1 Å². The van der Waals surface area contributed by atoms with E-state index in [2.05, 4.69) is 10.5 Å². The summed E-state index contributed by atoms with van der Waals surface area (Å²) >= 11 is 5.54. The van der Waals surface area contributed by atoms with Crippen molar-refractivity contribution in [3.05, 3.63) is 38.4 Å². The monoisotopic (exact) mass is 298 g/mol. The van der Waals surface area contributed by atoms with Gasteiger partial charge < -0.3 is 12.4 Å². The summed E-state index contributed by atoms with van der Waals surface area (Å²) in [7, 11) is 0. The molecule has 0 radical (unpaired) electrons. The van der Waals surface area contributed by atoms with Crippen LogP contribution < -0.4 is 17.8 Å². The van der Waals surface area contributed by atoms with E-state index in [1.54, 1.807) is 0 Å². The summed E-state index contributed by atoms with van der Waals surface area (Å²) in [5, 5.41) is 21.4. The molecular weight excluding hydrogens is 296 g/mol. The second-order valence-electron chi connectivity index (χ2n) is 2.13. The fraction of sp³-hybridized carbons (Fsp3) is 0.